The minimum atomic E-state index is 0.0763. The second-order valence-electron chi connectivity index (χ2n) is 3.44. The fourth-order valence-corrected chi connectivity index (χ4v) is 1.73. The van der Waals surface area contributed by atoms with Gasteiger partial charge in [-0.05, 0) is 30.0 Å². The van der Waals surface area contributed by atoms with Gasteiger partial charge in [-0.15, -0.1) is 0 Å². The van der Waals surface area contributed by atoms with Crippen LogP contribution < -0.4 is 5.32 Å². The monoisotopic (exact) mass is 188 g/mol. The number of anilines is 1. The first-order valence-corrected chi connectivity index (χ1v) is 4.76. The van der Waals surface area contributed by atoms with Crippen molar-refractivity contribution in [1.29, 1.82) is 0 Å². The SMILES string of the molecule is [N-]=[N+]=NC1CCc2ccccc2NC1. The molecule has 0 amide bonds. The number of nitrogens with zero attached hydrogens (tertiary/aromatic N) is 3. The van der Waals surface area contributed by atoms with E-state index in [1.54, 1.807) is 0 Å². The van der Waals surface area contributed by atoms with E-state index in [0.717, 1.165) is 19.4 Å². The fourth-order valence-electron chi connectivity index (χ4n) is 1.73. The third kappa shape index (κ3) is 1.80. The quantitative estimate of drug-likeness (QED) is 0.411. The maximum atomic E-state index is 8.36. The Morgan fingerprint density at radius 3 is 3.14 bits per heavy atom. The molecule has 0 radical (unpaired) electrons. The molecule has 1 N–H and O–H groups in total. The highest BCUT2D eigenvalue weighted by molar-refractivity contribution is 5.52. The van der Waals surface area contributed by atoms with Gasteiger partial charge < -0.3 is 5.32 Å². The van der Waals surface area contributed by atoms with Crippen LogP contribution in [0, 0.1) is 0 Å². The Kier molecular flexibility index (Phi) is 2.56. The second-order valence-corrected chi connectivity index (χ2v) is 3.44. The Hall–Kier alpha value is -1.67. The van der Waals surface area contributed by atoms with E-state index in [0.29, 0.717) is 0 Å². The van der Waals surface area contributed by atoms with Crippen molar-refractivity contribution in [2.24, 2.45) is 5.11 Å². The molecule has 1 aliphatic heterocycles. The summed E-state index contributed by atoms with van der Waals surface area (Å²) in [5.74, 6) is 0. The Morgan fingerprint density at radius 2 is 2.29 bits per heavy atom. The van der Waals surface area contributed by atoms with E-state index in [9.17, 15) is 0 Å². The van der Waals surface area contributed by atoms with Crippen LogP contribution in [-0.2, 0) is 6.42 Å². The lowest BCUT2D eigenvalue weighted by molar-refractivity contribution is 0.648. The Bertz CT molecular complexity index is 341. The summed E-state index contributed by atoms with van der Waals surface area (Å²) < 4.78 is 0. The first-order valence-electron chi connectivity index (χ1n) is 4.76. The van der Waals surface area contributed by atoms with Gasteiger partial charge in [-0.1, -0.05) is 23.3 Å². The fraction of sp³-hybridized carbons (Fsp3) is 0.400. The molecule has 14 heavy (non-hydrogen) atoms. The summed E-state index contributed by atoms with van der Waals surface area (Å²) >= 11 is 0. The summed E-state index contributed by atoms with van der Waals surface area (Å²) in [5, 5.41) is 7.04. The number of nitrogens with one attached hydrogen (secondary N) is 1. The van der Waals surface area contributed by atoms with Crippen LogP contribution in [0.25, 0.3) is 10.4 Å². The van der Waals surface area contributed by atoms with Crippen LogP contribution in [0.3, 0.4) is 0 Å². The van der Waals surface area contributed by atoms with Crippen molar-refractivity contribution >= 4 is 5.69 Å². The van der Waals surface area contributed by atoms with Gasteiger partial charge in [0, 0.05) is 17.1 Å². The lowest BCUT2D eigenvalue weighted by Crippen LogP contribution is -2.14. The minimum Gasteiger partial charge on any atom is -0.384 e. The van der Waals surface area contributed by atoms with Crippen LogP contribution >= 0.6 is 0 Å². The maximum absolute atomic E-state index is 8.36. The zero-order valence-electron chi connectivity index (χ0n) is 7.85. The third-order valence-corrected chi connectivity index (χ3v) is 2.51. The third-order valence-electron chi connectivity index (χ3n) is 2.51. The van der Waals surface area contributed by atoms with Crippen molar-refractivity contribution in [3.05, 3.63) is 40.3 Å². The average Bonchev–Trinajstić information content (AvgIpc) is 2.42. The first-order chi connectivity index (χ1) is 6.90. The smallest absolute Gasteiger partial charge is 0.0550 e. The van der Waals surface area contributed by atoms with E-state index in [1.165, 1.54) is 11.3 Å². The highest BCUT2D eigenvalue weighted by atomic mass is 15.2. The van der Waals surface area contributed by atoms with E-state index in [2.05, 4.69) is 27.5 Å². The molecule has 0 bridgehead atoms. The number of benzene rings is 1. The highest BCUT2D eigenvalue weighted by Gasteiger charge is 2.13. The Morgan fingerprint density at radius 1 is 1.43 bits per heavy atom. The van der Waals surface area contributed by atoms with Crippen LogP contribution in [0.4, 0.5) is 5.69 Å². The lowest BCUT2D eigenvalue weighted by atomic mass is 10.1. The zero-order chi connectivity index (χ0) is 9.80. The number of rotatable bonds is 1. The van der Waals surface area contributed by atoms with Crippen molar-refractivity contribution in [1.82, 2.24) is 0 Å². The van der Waals surface area contributed by atoms with E-state index in [-0.39, 0.29) is 6.04 Å². The molecule has 4 heteroatoms. The molecule has 1 atom stereocenters. The summed E-state index contributed by atoms with van der Waals surface area (Å²) in [7, 11) is 0. The normalized spacial score (nSPS) is 19.9. The topological polar surface area (TPSA) is 60.8 Å². The summed E-state index contributed by atoms with van der Waals surface area (Å²) in [4.78, 5) is 2.85. The van der Waals surface area contributed by atoms with Gasteiger partial charge in [0.2, 0.25) is 0 Å². The zero-order valence-corrected chi connectivity index (χ0v) is 7.85. The number of hydrogen-bond acceptors (Lipinski definition) is 2. The molecule has 0 spiro atoms. The van der Waals surface area contributed by atoms with Crippen LogP contribution in [-0.4, -0.2) is 12.6 Å². The highest BCUT2D eigenvalue weighted by Crippen LogP contribution is 2.21. The molecule has 0 fully saturated rings. The van der Waals surface area contributed by atoms with Gasteiger partial charge in [0.1, 0.15) is 0 Å². The van der Waals surface area contributed by atoms with E-state index < -0.39 is 0 Å². The number of hydrogen-bond donors (Lipinski definition) is 1. The molecule has 0 saturated heterocycles. The largest absolute Gasteiger partial charge is 0.384 e. The van der Waals surface area contributed by atoms with Crippen LogP contribution in [0.5, 0.6) is 0 Å². The molecular weight excluding hydrogens is 176 g/mol. The van der Waals surface area contributed by atoms with Gasteiger partial charge in [0.05, 0.1) is 6.04 Å². The molecule has 1 aromatic rings. The van der Waals surface area contributed by atoms with Crippen molar-refractivity contribution < 1.29 is 0 Å². The van der Waals surface area contributed by atoms with Gasteiger partial charge in [0.15, 0.2) is 0 Å². The molecule has 1 aromatic carbocycles. The number of azide groups is 1. The van der Waals surface area contributed by atoms with Gasteiger partial charge in [-0.3, -0.25) is 0 Å². The van der Waals surface area contributed by atoms with Crippen molar-refractivity contribution in [3.8, 4) is 0 Å². The number of fused-ring (bicyclic) bond motifs is 1. The first kappa shape index (κ1) is 8.91. The molecule has 0 aliphatic carbocycles. The number of para-hydroxylation sites is 1. The molecule has 0 saturated carbocycles. The summed E-state index contributed by atoms with van der Waals surface area (Å²) in [5.41, 5.74) is 10.8. The molecule has 1 aliphatic rings. The Balaban J connectivity index is 2.17. The van der Waals surface area contributed by atoms with E-state index in [1.807, 2.05) is 12.1 Å². The molecule has 72 valence electrons. The number of aryl methyl sites for hydroxylation is 1. The molecule has 1 heterocycles. The van der Waals surface area contributed by atoms with Crippen molar-refractivity contribution in [3.63, 3.8) is 0 Å². The van der Waals surface area contributed by atoms with Gasteiger partial charge >= 0.3 is 0 Å². The van der Waals surface area contributed by atoms with Crippen LogP contribution in [0.15, 0.2) is 29.4 Å². The van der Waals surface area contributed by atoms with Gasteiger partial charge in [-0.2, -0.15) is 0 Å². The molecule has 2 rings (SSSR count). The summed E-state index contributed by atoms with van der Waals surface area (Å²) in [6.45, 7) is 0.737. The van der Waals surface area contributed by atoms with Gasteiger partial charge in [-0.25, -0.2) is 0 Å². The summed E-state index contributed by atoms with van der Waals surface area (Å²) in [6.07, 6.45) is 1.90. The minimum absolute atomic E-state index is 0.0763. The predicted molar refractivity (Wildman–Crippen MR) is 56.2 cm³/mol. The standard InChI is InChI=1S/C10H12N4/c11-14-13-9-6-5-8-3-1-2-4-10(8)12-7-9/h1-4,9,12H,5-7H2. The van der Waals surface area contributed by atoms with E-state index in [4.69, 9.17) is 5.53 Å². The Labute approximate surface area is 82.6 Å². The maximum Gasteiger partial charge on any atom is 0.0550 e. The predicted octanol–water partition coefficient (Wildman–Crippen LogP) is 2.72. The van der Waals surface area contributed by atoms with Crippen LogP contribution in [0.2, 0.25) is 0 Å². The van der Waals surface area contributed by atoms with E-state index >= 15 is 0 Å². The lowest BCUT2D eigenvalue weighted by Gasteiger charge is -2.07. The summed E-state index contributed by atoms with van der Waals surface area (Å²) in [6, 6.07) is 8.30. The van der Waals surface area contributed by atoms with Gasteiger partial charge in [0.25, 0.3) is 0 Å². The average molecular weight is 188 g/mol. The molecular formula is C10H12N4. The molecule has 0 aromatic heterocycles. The molecule has 1 unspecified atom stereocenters. The molecule has 4 nitrogen and oxygen atoms in total. The van der Waals surface area contributed by atoms with Crippen molar-refractivity contribution in [2.45, 2.75) is 18.9 Å². The van der Waals surface area contributed by atoms with Crippen LogP contribution in [0.1, 0.15) is 12.0 Å². The second kappa shape index (κ2) is 4.03. The van der Waals surface area contributed by atoms with Crippen molar-refractivity contribution in [2.75, 3.05) is 11.9 Å².